The number of nitrogens with one attached hydrogen (secondary N) is 3. The van der Waals surface area contributed by atoms with Crippen LogP contribution < -0.4 is 15.4 Å². The number of rotatable bonds is 1. The molecule has 3 amide bonds. The van der Waals surface area contributed by atoms with E-state index in [1.165, 1.54) is 11.0 Å². The first-order valence-corrected chi connectivity index (χ1v) is 10.6. The van der Waals surface area contributed by atoms with Gasteiger partial charge in [0.25, 0.3) is 11.8 Å². The molecule has 0 fully saturated rings. The number of H-pyrrole nitrogens is 1. The first-order valence-electron chi connectivity index (χ1n) is 10.2. The van der Waals surface area contributed by atoms with Crippen LogP contribution in [0.5, 0.6) is 5.75 Å². The van der Waals surface area contributed by atoms with Gasteiger partial charge in [-0.1, -0.05) is 29.8 Å². The van der Waals surface area contributed by atoms with E-state index in [4.69, 9.17) is 16.3 Å². The van der Waals surface area contributed by atoms with Gasteiger partial charge in [0.15, 0.2) is 5.69 Å². The van der Waals surface area contributed by atoms with E-state index in [-0.39, 0.29) is 49.7 Å². The average Bonchev–Trinajstić information content (AvgIpc) is 3.22. The molecule has 0 radical (unpaired) electrons. The molecule has 0 saturated carbocycles. The second-order valence-corrected chi connectivity index (χ2v) is 7.73. The molecule has 0 spiro atoms. The van der Waals surface area contributed by atoms with Crippen molar-refractivity contribution >= 4 is 40.2 Å². The van der Waals surface area contributed by atoms with Gasteiger partial charge < -0.3 is 20.3 Å². The average molecular weight is 456 g/mol. The fraction of sp³-hybridized carbons (Fsp3) is 0.273. The Kier molecular flexibility index (Phi) is 6.55. The molecule has 0 unspecified atom stereocenters. The van der Waals surface area contributed by atoms with Gasteiger partial charge in [-0.05, 0) is 30.7 Å². The number of nitrogens with zero attached hydrogens (tertiary/aromatic N) is 2. The lowest BCUT2D eigenvalue weighted by Crippen LogP contribution is -2.43. The lowest BCUT2D eigenvalue weighted by molar-refractivity contribution is -0.121. The number of carbonyl (C=O) groups is 3. The smallest absolute Gasteiger partial charge is 0.275 e. The zero-order valence-electron chi connectivity index (χ0n) is 17.2. The molecule has 166 valence electrons. The molecule has 9 nitrogen and oxygen atoms in total. The summed E-state index contributed by atoms with van der Waals surface area (Å²) in [6.45, 7) is 0.825. The predicted molar refractivity (Wildman–Crippen MR) is 119 cm³/mol. The second-order valence-electron chi connectivity index (χ2n) is 7.29. The monoisotopic (exact) mass is 455 g/mol. The van der Waals surface area contributed by atoms with Gasteiger partial charge in [-0.25, -0.2) is 0 Å². The number of amides is 3. The van der Waals surface area contributed by atoms with Gasteiger partial charge in [0.05, 0.1) is 24.2 Å². The number of para-hydroxylation sites is 1. The first kappa shape index (κ1) is 21.6. The Hall–Kier alpha value is -3.59. The van der Waals surface area contributed by atoms with E-state index >= 15 is 0 Å². The van der Waals surface area contributed by atoms with E-state index in [1.54, 1.807) is 18.2 Å². The van der Waals surface area contributed by atoms with E-state index in [0.717, 1.165) is 5.52 Å². The number of aromatic amines is 1. The summed E-state index contributed by atoms with van der Waals surface area (Å²) in [5, 5.41) is 13.7. The topological polar surface area (TPSA) is 116 Å². The fourth-order valence-corrected chi connectivity index (χ4v) is 3.65. The summed E-state index contributed by atoms with van der Waals surface area (Å²) < 4.78 is 5.66. The normalized spacial score (nSPS) is 15.8. The summed E-state index contributed by atoms with van der Waals surface area (Å²) in [5.74, 6) is -0.594. The number of carbonyl (C=O) groups excluding carboxylic acids is 3. The van der Waals surface area contributed by atoms with Crippen LogP contribution in [0.4, 0.5) is 0 Å². The highest BCUT2D eigenvalue weighted by molar-refractivity contribution is 6.31. The van der Waals surface area contributed by atoms with Crippen molar-refractivity contribution < 1.29 is 19.1 Å². The summed E-state index contributed by atoms with van der Waals surface area (Å²) in [5.41, 5.74) is 1.31. The van der Waals surface area contributed by atoms with Gasteiger partial charge in [0.2, 0.25) is 5.91 Å². The molecule has 1 aromatic heterocycles. The maximum atomic E-state index is 13.2. The largest absolute Gasteiger partial charge is 0.491 e. The standard InChI is InChI=1S/C22H22ClN5O4/c23-14-6-7-18-16(12-14)21(30)25-8-3-10-28(13-19(29)24-9-11-32-18)22(31)20-15-4-1-2-5-17(15)26-27-20/h1-2,4-7,12H,3,8-11,13H2,(H,24,29)(H,25,30)(H,26,27). The van der Waals surface area contributed by atoms with Crippen LogP contribution in [0, 0.1) is 0 Å². The minimum Gasteiger partial charge on any atom is -0.491 e. The zero-order valence-corrected chi connectivity index (χ0v) is 17.9. The highest BCUT2D eigenvalue weighted by Gasteiger charge is 2.23. The molecule has 2 heterocycles. The number of halogens is 1. The third kappa shape index (κ3) is 4.83. The molecular weight excluding hydrogens is 434 g/mol. The van der Waals surface area contributed by atoms with E-state index in [9.17, 15) is 14.4 Å². The highest BCUT2D eigenvalue weighted by Crippen LogP contribution is 2.23. The minimum atomic E-state index is -0.357. The lowest BCUT2D eigenvalue weighted by Gasteiger charge is -2.22. The van der Waals surface area contributed by atoms with E-state index in [1.807, 2.05) is 18.2 Å². The molecule has 3 aromatic rings. The summed E-state index contributed by atoms with van der Waals surface area (Å²) in [7, 11) is 0. The van der Waals surface area contributed by atoms with Gasteiger partial charge in [-0.15, -0.1) is 0 Å². The molecule has 0 atom stereocenters. The van der Waals surface area contributed by atoms with Crippen molar-refractivity contribution in [3.05, 3.63) is 58.7 Å². The highest BCUT2D eigenvalue weighted by atomic mass is 35.5. The molecule has 3 N–H and O–H groups in total. The van der Waals surface area contributed by atoms with Crippen molar-refractivity contribution in [3.63, 3.8) is 0 Å². The number of hydrogen-bond donors (Lipinski definition) is 3. The molecule has 10 heteroatoms. The Bertz CT molecular complexity index is 1160. The quantitative estimate of drug-likeness (QED) is 0.519. The molecule has 0 saturated heterocycles. The SMILES string of the molecule is O=C1CN(C(=O)c2n[nH]c3ccccc23)CCCNC(=O)c2cc(Cl)ccc2OCCN1. The van der Waals surface area contributed by atoms with Crippen LogP contribution in [0.2, 0.25) is 5.02 Å². The number of ether oxygens (including phenoxy) is 1. The zero-order chi connectivity index (χ0) is 22.5. The molecule has 2 aromatic carbocycles. The van der Waals surface area contributed by atoms with Crippen molar-refractivity contribution in [1.82, 2.24) is 25.7 Å². The minimum absolute atomic E-state index is 0.125. The molecular formula is C22H22ClN5O4. The fourth-order valence-electron chi connectivity index (χ4n) is 3.48. The predicted octanol–water partition coefficient (Wildman–Crippen LogP) is 1.99. The third-order valence-electron chi connectivity index (χ3n) is 5.05. The Morgan fingerprint density at radius 3 is 2.81 bits per heavy atom. The second kappa shape index (κ2) is 9.69. The summed E-state index contributed by atoms with van der Waals surface area (Å²) >= 11 is 6.03. The number of benzene rings is 2. The molecule has 1 aliphatic heterocycles. The molecule has 0 bridgehead atoms. The van der Waals surface area contributed by atoms with Crippen LogP contribution in [-0.2, 0) is 4.79 Å². The van der Waals surface area contributed by atoms with Crippen LogP contribution in [0.3, 0.4) is 0 Å². The summed E-state index contributed by atoms with van der Waals surface area (Å²) in [6, 6.07) is 12.1. The van der Waals surface area contributed by atoms with E-state index in [2.05, 4.69) is 20.8 Å². The Morgan fingerprint density at radius 1 is 1.09 bits per heavy atom. The van der Waals surface area contributed by atoms with Gasteiger partial charge in [0.1, 0.15) is 12.4 Å². The van der Waals surface area contributed by atoms with Crippen LogP contribution in [0.15, 0.2) is 42.5 Å². The third-order valence-corrected chi connectivity index (χ3v) is 5.29. The number of fused-ring (bicyclic) bond motifs is 2. The van der Waals surface area contributed by atoms with Gasteiger partial charge in [-0.3, -0.25) is 19.5 Å². The van der Waals surface area contributed by atoms with Crippen LogP contribution in [0.25, 0.3) is 10.9 Å². The molecule has 32 heavy (non-hydrogen) atoms. The first-order chi connectivity index (χ1) is 15.5. The van der Waals surface area contributed by atoms with E-state index in [0.29, 0.717) is 34.7 Å². The van der Waals surface area contributed by atoms with Crippen molar-refractivity contribution in [2.45, 2.75) is 6.42 Å². The van der Waals surface area contributed by atoms with Crippen LogP contribution in [-0.4, -0.2) is 65.6 Å². The van der Waals surface area contributed by atoms with Crippen molar-refractivity contribution in [3.8, 4) is 5.75 Å². The van der Waals surface area contributed by atoms with Crippen molar-refractivity contribution in [2.24, 2.45) is 0 Å². The van der Waals surface area contributed by atoms with Crippen LogP contribution >= 0.6 is 11.6 Å². The van der Waals surface area contributed by atoms with Crippen molar-refractivity contribution in [1.29, 1.82) is 0 Å². The molecule has 1 aliphatic rings. The van der Waals surface area contributed by atoms with Crippen LogP contribution in [0.1, 0.15) is 27.3 Å². The Balaban J connectivity index is 1.52. The molecule has 0 aliphatic carbocycles. The Labute approximate surface area is 189 Å². The van der Waals surface area contributed by atoms with Crippen molar-refractivity contribution in [2.75, 3.05) is 32.8 Å². The Morgan fingerprint density at radius 2 is 1.94 bits per heavy atom. The summed E-state index contributed by atoms with van der Waals surface area (Å²) in [4.78, 5) is 39.7. The van der Waals surface area contributed by atoms with Gasteiger partial charge in [-0.2, -0.15) is 5.10 Å². The van der Waals surface area contributed by atoms with Gasteiger partial charge >= 0.3 is 0 Å². The summed E-state index contributed by atoms with van der Waals surface area (Å²) in [6.07, 6.45) is 0.448. The van der Waals surface area contributed by atoms with E-state index < -0.39 is 0 Å². The maximum Gasteiger partial charge on any atom is 0.275 e. The molecule has 4 rings (SSSR count). The van der Waals surface area contributed by atoms with Gasteiger partial charge in [0, 0.05) is 23.5 Å². The lowest BCUT2D eigenvalue weighted by atomic mass is 10.1. The maximum absolute atomic E-state index is 13.2. The number of hydrogen-bond acceptors (Lipinski definition) is 5. The number of aromatic nitrogens is 2.